The summed E-state index contributed by atoms with van der Waals surface area (Å²) in [6.45, 7) is 3.31. The second-order valence-corrected chi connectivity index (χ2v) is 2.23. The monoisotopic (exact) mass is 170 g/mol. The molecule has 0 aromatic rings. The van der Waals surface area contributed by atoms with Gasteiger partial charge in [0.05, 0.1) is 0 Å². The molecule has 2 N–H and O–H groups in total. The number of allylic oxidation sites excluding steroid dienone is 2. The van der Waals surface area contributed by atoms with Gasteiger partial charge in [0, 0.05) is 6.21 Å². The van der Waals surface area contributed by atoms with Crippen LogP contribution in [0.2, 0.25) is 0 Å². The zero-order valence-electron chi connectivity index (χ0n) is 6.17. The van der Waals surface area contributed by atoms with Gasteiger partial charge in [0.25, 0.3) is 5.24 Å². The van der Waals surface area contributed by atoms with Crippen LogP contribution in [0.1, 0.15) is 0 Å². The van der Waals surface area contributed by atoms with Crippen molar-refractivity contribution in [3.63, 3.8) is 0 Å². The van der Waals surface area contributed by atoms with Crippen molar-refractivity contribution in [1.29, 1.82) is 0 Å². The van der Waals surface area contributed by atoms with Gasteiger partial charge in [0.15, 0.2) is 0 Å². The van der Waals surface area contributed by atoms with Crippen LogP contribution >= 0.6 is 11.6 Å². The van der Waals surface area contributed by atoms with Crippen molar-refractivity contribution in [2.75, 3.05) is 0 Å². The van der Waals surface area contributed by atoms with Crippen molar-refractivity contribution >= 4 is 30.9 Å². The number of nitrogens with zero attached hydrogens (tertiary/aromatic N) is 1. The normalized spacial score (nSPS) is 11.9. The number of carbonyl (C=O) groups excluding carboxylic acids is 1. The van der Waals surface area contributed by atoms with E-state index in [0.29, 0.717) is 0 Å². The average Bonchev–Trinajstić information content (AvgIpc) is 1.99. The zero-order chi connectivity index (χ0) is 8.85. The van der Waals surface area contributed by atoms with Crippen LogP contribution in [0.4, 0.5) is 0 Å². The molecule has 0 radical (unpaired) electrons. The van der Waals surface area contributed by atoms with E-state index in [2.05, 4.69) is 11.6 Å². The summed E-state index contributed by atoms with van der Waals surface area (Å²) in [6.07, 6.45) is 2.79. The van der Waals surface area contributed by atoms with Crippen LogP contribution in [0.3, 0.4) is 0 Å². The van der Waals surface area contributed by atoms with Gasteiger partial charge in [-0.15, -0.1) is 0 Å². The third kappa shape index (κ3) is 4.39. The van der Waals surface area contributed by atoms with Gasteiger partial charge in [-0.25, -0.2) is 0 Å². The molecular weight excluding hydrogens is 162 g/mol. The molecule has 0 heterocycles. The molecule has 0 atom stereocenters. The van der Waals surface area contributed by atoms with Crippen LogP contribution in [0.25, 0.3) is 0 Å². The highest BCUT2D eigenvalue weighted by molar-refractivity contribution is 6.67. The topological polar surface area (TPSA) is 55.5 Å². The number of nitrogens with two attached hydrogens (primary N) is 1. The van der Waals surface area contributed by atoms with E-state index in [9.17, 15) is 4.79 Å². The first-order chi connectivity index (χ1) is 5.07. The summed E-state index contributed by atoms with van der Waals surface area (Å²) < 4.78 is 0. The molecule has 0 rings (SSSR count). The maximum Gasteiger partial charge on any atom is 0.270 e. The third-order valence-corrected chi connectivity index (χ3v) is 1.13. The Balaban J connectivity index is 4.15. The molecule has 0 aliphatic rings. The molecule has 0 saturated heterocycles. The summed E-state index contributed by atoms with van der Waals surface area (Å²) in [4.78, 5) is 14.0. The van der Waals surface area contributed by atoms with Crippen LogP contribution < -0.4 is 5.73 Å². The van der Waals surface area contributed by atoms with Crippen molar-refractivity contribution in [3.8, 4) is 0 Å². The minimum absolute atomic E-state index is 0.00728. The van der Waals surface area contributed by atoms with Crippen molar-refractivity contribution in [1.82, 2.24) is 0 Å². The predicted molar refractivity (Wildman–Crippen MR) is 49.3 cm³/mol. The van der Waals surface area contributed by atoms with Gasteiger partial charge in [-0.05, 0) is 17.8 Å². The fraction of sp³-hybridized carbons (Fsp3) is 0. The molecule has 0 bridgehead atoms. The van der Waals surface area contributed by atoms with Gasteiger partial charge in [-0.1, -0.05) is 12.1 Å². The van der Waals surface area contributed by atoms with Crippen molar-refractivity contribution < 1.29 is 4.79 Å². The third-order valence-electron chi connectivity index (χ3n) is 0.914. The van der Waals surface area contributed by atoms with Crippen molar-refractivity contribution in [2.24, 2.45) is 10.7 Å². The summed E-state index contributed by atoms with van der Waals surface area (Å²) in [5.41, 5.74) is 5.88. The minimum atomic E-state index is -0.661. The standard InChI is InChI=1S/C6H8BClN2O/c1-4(6(8)11)10-3-5(7)2-9/h2-3H,1,7,9H2/b5-2+,10-3-. The molecule has 5 heteroatoms. The van der Waals surface area contributed by atoms with Gasteiger partial charge in [-0.3, -0.25) is 9.79 Å². The smallest absolute Gasteiger partial charge is 0.270 e. The molecule has 0 aliphatic heterocycles. The average molecular weight is 170 g/mol. The summed E-state index contributed by atoms with van der Waals surface area (Å²) in [5, 5.41) is -0.661. The Morgan fingerprint density at radius 1 is 1.73 bits per heavy atom. The maximum atomic E-state index is 10.3. The second-order valence-electron chi connectivity index (χ2n) is 1.89. The van der Waals surface area contributed by atoms with E-state index in [1.54, 1.807) is 7.85 Å². The SMILES string of the molecule is BC(/C=N\C(=C)C(=O)Cl)=C/N. The second kappa shape index (κ2) is 4.74. The summed E-state index contributed by atoms with van der Waals surface area (Å²) in [5.74, 6) is 0. The van der Waals surface area contributed by atoms with E-state index in [-0.39, 0.29) is 5.70 Å². The Bertz CT molecular complexity index is 235. The molecule has 0 fully saturated rings. The molecular formula is C6H8BClN2O. The molecule has 0 spiro atoms. The molecule has 0 amide bonds. The number of hydrogen-bond donors (Lipinski definition) is 1. The first kappa shape index (κ1) is 9.97. The summed E-state index contributed by atoms with van der Waals surface area (Å²) in [7, 11) is 1.75. The molecule has 0 aliphatic carbocycles. The lowest BCUT2D eigenvalue weighted by atomic mass is 9.99. The molecule has 11 heavy (non-hydrogen) atoms. The Kier molecular flexibility index (Phi) is 4.30. The van der Waals surface area contributed by atoms with E-state index < -0.39 is 5.24 Å². The van der Waals surface area contributed by atoms with Crippen LogP contribution in [0, 0.1) is 0 Å². The Hall–Kier alpha value is -1.03. The summed E-state index contributed by atoms with van der Waals surface area (Å²) >= 11 is 5.05. The van der Waals surface area contributed by atoms with E-state index in [0.717, 1.165) is 5.47 Å². The van der Waals surface area contributed by atoms with Gasteiger partial charge < -0.3 is 5.73 Å². The molecule has 3 nitrogen and oxygen atoms in total. The Morgan fingerprint density at radius 3 is 2.64 bits per heavy atom. The first-order valence-electron chi connectivity index (χ1n) is 2.89. The van der Waals surface area contributed by atoms with E-state index in [4.69, 9.17) is 17.3 Å². The fourth-order valence-electron chi connectivity index (χ4n) is 0.274. The lowest BCUT2D eigenvalue weighted by molar-refractivity contribution is -0.108. The highest BCUT2D eigenvalue weighted by Gasteiger charge is 1.97. The maximum absolute atomic E-state index is 10.3. The van der Waals surface area contributed by atoms with Crippen LogP contribution in [0.5, 0.6) is 0 Å². The lowest BCUT2D eigenvalue weighted by Crippen LogP contribution is -1.92. The predicted octanol–water partition coefficient (Wildman–Crippen LogP) is -0.231. The largest absolute Gasteiger partial charge is 0.405 e. The molecule has 0 saturated carbocycles. The molecule has 0 unspecified atom stereocenters. The summed E-state index contributed by atoms with van der Waals surface area (Å²) in [6, 6.07) is 0. The van der Waals surface area contributed by atoms with Crippen LogP contribution in [-0.2, 0) is 4.79 Å². The van der Waals surface area contributed by atoms with Gasteiger partial charge in [-0.2, -0.15) is 0 Å². The van der Waals surface area contributed by atoms with Crippen LogP contribution in [0.15, 0.2) is 28.9 Å². The highest BCUT2D eigenvalue weighted by atomic mass is 35.5. The van der Waals surface area contributed by atoms with E-state index in [1.165, 1.54) is 12.4 Å². The first-order valence-corrected chi connectivity index (χ1v) is 3.27. The molecule has 58 valence electrons. The number of halogens is 1. The fourth-order valence-corrected chi connectivity index (χ4v) is 0.322. The quantitative estimate of drug-likeness (QED) is 0.275. The number of aliphatic imine (C=N–C) groups is 1. The highest BCUT2D eigenvalue weighted by Crippen LogP contribution is 1.97. The van der Waals surface area contributed by atoms with Crippen LogP contribution in [-0.4, -0.2) is 19.3 Å². The van der Waals surface area contributed by atoms with Gasteiger partial charge >= 0.3 is 0 Å². The zero-order valence-corrected chi connectivity index (χ0v) is 6.93. The Morgan fingerprint density at radius 2 is 2.27 bits per heavy atom. The Labute approximate surface area is 71.0 Å². The van der Waals surface area contributed by atoms with Gasteiger partial charge in [0.1, 0.15) is 13.5 Å². The van der Waals surface area contributed by atoms with Gasteiger partial charge in [0.2, 0.25) is 0 Å². The van der Waals surface area contributed by atoms with E-state index >= 15 is 0 Å². The molecule has 0 aromatic carbocycles. The number of rotatable bonds is 3. The van der Waals surface area contributed by atoms with Crippen molar-refractivity contribution in [3.05, 3.63) is 23.9 Å². The molecule has 0 aromatic heterocycles. The van der Waals surface area contributed by atoms with E-state index in [1.807, 2.05) is 0 Å². The minimum Gasteiger partial charge on any atom is -0.405 e. The number of carbonyl (C=O) groups is 1. The number of hydrogen-bond acceptors (Lipinski definition) is 3. The lowest BCUT2D eigenvalue weighted by Gasteiger charge is -1.89. The van der Waals surface area contributed by atoms with Crippen molar-refractivity contribution in [2.45, 2.75) is 0 Å².